The summed E-state index contributed by atoms with van der Waals surface area (Å²) in [5.74, 6) is -0.188. The third-order valence-corrected chi connectivity index (χ3v) is 4.10. The Morgan fingerprint density at radius 1 is 1.41 bits per heavy atom. The lowest BCUT2D eigenvalue weighted by atomic mass is 10.2. The monoisotopic (exact) mass is 323 g/mol. The van der Waals surface area contributed by atoms with Crippen molar-refractivity contribution < 1.29 is 14.1 Å². The van der Waals surface area contributed by atoms with Crippen LogP contribution in [0.25, 0.3) is 0 Å². The van der Waals surface area contributed by atoms with E-state index in [0.29, 0.717) is 17.1 Å². The van der Waals surface area contributed by atoms with Crippen molar-refractivity contribution in [2.75, 3.05) is 6.61 Å². The van der Waals surface area contributed by atoms with E-state index in [1.54, 1.807) is 6.92 Å². The van der Waals surface area contributed by atoms with Crippen LogP contribution in [0, 0.1) is 0 Å². The van der Waals surface area contributed by atoms with Gasteiger partial charge in [0.2, 0.25) is 0 Å². The highest BCUT2D eigenvalue weighted by Crippen LogP contribution is 2.18. The Bertz CT molecular complexity index is 639. The second kappa shape index (κ2) is 6.41. The van der Waals surface area contributed by atoms with Crippen LogP contribution in [-0.4, -0.2) is 43.4 Å². The molecule has 1 N–H and O–H groups in total. The van der Waals surface area contributed by atoms with Crippen LogP contribution in [0.3, 0.4) is 0 Å². The lowest BCUT2D eigenvalue weighted by molar-refractivity contribution is -0.124. The van der Waals surface area contributed by atoms with Crippen molar-refractivity contribution in [1.29, 1.82) is 0 Å². The van der Waals surface area contributed by atoms with E-state index < -0.39 is 16.1 Å². The van der Waals surface area contributed by atoms with Crippen LogP contribution < -0.4 is 5.43 Å². The Labute approximate surface area is 131 Å². The standard InChI is InChI=1S/C13H17N5O3S/c1-8(18-22(20)13(2,3)4)10-11(15-6-5-14-10)12-17-16-9(19)7-21-12/h5-6H,7H2,1-4H3,(H,16,19)/b18-8+. The molecule has 8 nitrogen and oxygen atoms in total. The summed E-state index contributed by atoms with van der Waals surface area (Å²) >= 11 is -1.42. The molecular weight excluding hydrogens is 306 g/mol. The molecule has 0 spiro atoms. The normalized spacial score (nSPS) is 17.4. The van der Waals surface area contributed by atoms with E-state index >= 15 is 0 Å². The van der Waals surface area contributed by atoms with Gasteiger partial charge in [-0.05, 0) is 27.7 Å². The Kier molecular flexibility index (Phi) is 4.77. The minimum atomic E-state index is -1.42. The predicted octanol–water partition coefficient (Wildman–Crippen LogP) is 0.556. The van der Waals surface area contributed by atoms with Gasteiger partial charge in [0.1, 0.15) is 27.5 Å². The first-order chi connectivity index (χ1) is 10.3. The number of aromatic nitrogens is 2. The molecule has 0 aliphatic carbocycles. The molecule has 2 heterocycles. The zero-order valence-electron chi connectivity index (χ0n) is 12.8. The Morgan fingerprint density at radius 2 is 2.09 bits per heavy atom. The summed E-state index contributed by atoms with van der Waals surface area (Å²) in [5, 5.41) is 3.81. The minimum Gasteiger partial charge on any atom is -0.591 e. The fourth-order valence-corrected chi connectivity index (χ4v) is 2.11. The summed E-state index contributed by atoms with van der Waals surface area (Å²) in [7, 11) is 0. The van der Waals surface area contributed by atoms with Gasteiger partial charge in [0.15, 0.2) is 12.3 Å². The van der Waals surface area contributed by atoms with Crippen LogP contribution in [0.2, 0.25) is 0 Å². The van der Waals surface area contributed by atoms with E-state index in [9.17, 15) is 9.35 Å². The first-order valence-corrected chi connectivity index (χ1v) is 7.68. The third-order valence-electron chi connectivity index (χ3n) is 2.61. The van der Waals surface area contributed by atoms with E-state index in [1.807, 2.05) is 20.8 Å². The maximum atomic E-state index is 12.1. The quantitative estimate of drug-likeness (QED) is 0.645. The number of rotatable bonds is 3. The Balaban J connectivity index is 2.36. The SMILES string of the molecule is C/C(=N\[S+]([O-])C(C)(C)C)c1nccnc1C1=NNC(=O)CO1. The molecule has 0 aromatic carbocycles. The largest absolute Gasteiger partial charge is 0.591 e. The van der Waals surface area contributed by atoms with E-state index in [2.05, 4.69) is 24.9 Å². The van der Waals surface area contributed by atoms with Gasteiger partial charge in [0.05, 0.1) is 0 Å². The first-order valence-electron chi connectivity index (χ1n) is 6.57. The van der Waals surface area contributed by atoms with Crippen LogP contribution in [0.1, 0.15) is 39.1 Å². The second-order valence-corrected chi connectivity index (χ2v) is 7.44. The zero-order valence-corrected chi connectivity index (χ0v) is 13.6. The van der Waals surface area contributed by atoms with Crippen molar-refractivity contribution in [2.45, 2.75) is 32.4 Å². The smallest absolute Gasteiger partial charge is 0.278 e. The van der Waals surface area contributed by atoms with Gasteiger partial charge in [-0.1, -0.05) is 4.40 Å². The average Bonchev–Trinajstić information content (AvgIpc) is 2.47. The lowest BCUT2D eigenvalue weighted by Gasteiger charge is -2.19. The predicted molar refractivity (Wildman–Crippen MR) is 82.8 cm³/mol. The van der Waals surface area contributed by atoms with E-state index in [-0.39, 0.29) is 18.4 Å². The fourth-order valence-electron chi connectivity index (χ4n) is 1.50. The number of nitrogens with one attached hydrogen (secondary N) is 1. The number of hydrazone groups is 1. The highest BCUT2D eigenvalue weighted by Gasteiger charge is 2.28. The van der Waals surface area contributed by atoms with Crippen LogP contribution >= 0.6 is 0 Å². The molecule has 0 fully saturated rings. The van der Waals surface area contributed by atoms with Crippen molar-refractivity contribution >= 4 is 28.9 Å². The minimum absolute atomic E-state index is 0.140. The van der Waals surface area contributed by atoms with Gasteiger partial charge in [-0.15, -0.1) is 5.10 Å². The summed E-state index contributed by atoms with van der Waals surface area (Å²) in [6, 6.07) is 0. The maximum absolute atomic E-state index is 12.1. The third kappa shape index (κ3) is 3.80. The molecule has 2 rings (SSSR count). The molecule has 1 aliphatic rings. The number of nitrogens with zero attached hydrogens (tertiary/aromatic N) is 4. The number of ether oxygens (including phenoxy) is 1. The van der Waals surface area contributed by atoms with Gasteiger partial charge in [0, 0.05) is 12.4 Å². The topological polar surface area (TPSA) is 112 Å². The van der Waals surface area contributed by atoms with Gasteiger partial charge >= 0.3 is 0 Å². The molecule has 1 aromatic heterocycles. The van der Waals surface area contributed by atoms with E-state index in [4.69, 9.17) is 4.74 Å². The fraction of sp³-hybridized carbons (Fsp3) is 0.462. The maximum Gasteiger partial charge on any atom is 0.278 e. The van der Waals surface area contributed by atoms with Gasteiger partial charge < -0.3 is 9.29 Å². The second-order valence-electron chi connectivity index (χ2n) is 5.53. The number of hydrogen-bond donors (Lipinski definition) is 1. The van der Waals surface area contributed by atoms with Gasteiger partial charge in [-0.3, -0.25) is 9.78 Å². The highest BCUT2D eigenvalue weighted by atomic mass is 32.2. The molecule has 1 aromatic rings. The zero-order chi connectivity index (χ0) is 16.3. The molecular formula is C13H17N5O3S. The van der Waals surface area contributed by atoms with E-state index in [0.717, 1.165) is 0 Å². The molecule has 1 unspecified atom stereocenters. The van der Waals surface area contributed by atoms with Crippen molar-refractivity contribution in [3.05, 3.63) is 23.8 Å². The summed E-state index contributed by atoms with van der Waals surface area (Å²) < 4.78 is 21.1. The van der Waals surface area contributed by atoms with Crippen LogP contribution in [0.4, 0.5) is 0 Å². The summed E-state index contributed by atoms with van der Waals surface area (Å²) in [6.07, 6.45) is 2.98. The summed E-state index contributed by atoms with van der Waals surface area (Å²) in [5.41, 5.74) is 3.53. The van der Waals surface area contributed by atoms with Crippen LogP contribution in [0.15, 0.2) is 21.9 Å². The number of carbonyl (C=O) groups excluding carboxylic acids is 1. The van der Waals surface area contributed by atoms with Crippen molar-refractivity contribution in [3.63, 3.8) is 0 Å². The first kappa shape index (κ1) is 16.4. The average molecular weight is 323 g/mol. The Hall–Kier alpha value is -2.00. The van der Waals surface area contributed by atoms with Gasteiger partial charge in [-0.25, -0.2) is 10.4 Å². The van der Waals surface area contributed by atoms with E-state index in [1.165, 1.54) is 12.4 Å². The molecule has 0 bridgehead atoms. The molecule has 1 amide bonds. The number of hydrogen-bond acceptors (Lipinski definition) is 7. The molecule has 118 valence electrons. The van der Waals surface area contributed by atoms with Crippen LogP contribution in [-0.2, 0) is 20.9 Å². The summed E-state index contributed by atoms with van der Waals surface area (Å²) in [6.45, 7) is 7.06. The van der Waals surface area contributed by atoms with Gasteiger partial charge in [0.25, 0.3) is 11.8 Å². The molecule has 22 heavy (non-hydrogen) atoms. The van der Waals surface area contributed by atoms with Crippen molar-refractivity contribution in [3.8, 4) is 0 Å². The molecule has 0 saturated carbocycles. The number of carbonyl (C=O) groups is 1. The highest BCUT2D eigenvalue weighted by molar-refractivity contribution is 7.91. The molecule has 1 atom stereocenters. The lowest BCUT2D eigenvalue weighted by Crippen LogP contribution is -2.33. The number of amides is 1. The van der Waals surface area contributed by atoms with Crippen molar-refractivity contribution in [1.82, 2.24) is 15.4 Å². The van der Waals surface area contributed by atoms with Crippen LogP contribution in [0.5, 0.6) is 0 Å². The molecule has 1 aliphatic heterocycles. The molecule has 0 radical (unpaired) electrons. The van der Waals surface area contributed by atoms with Gasteiger partial charge in [-0.2, -0.15) is 0 Å². The molecule has 9 heteroatoms. The Morgan fingerprint density at radius 3 is 2.68 bits per heavy atom. The molecule has 0 saturated heterocycles. The van der Waals surface area contributed by atoms with Crippen molar-refractivity contribution in [2.24, 2.45) is 9.50 Å². The summed E-state index contributed by atoms with van der Waals surface area (Å²) in [4.78, 5) is 19.4.